The van der Waals surface area contributed by atoms with Crippen LogP contribution in [0.25, 0.3) is 0 Å². The Kier molecular flexibility index (Phi) is 6.06. The van der Waals surface area contributed by atoms with Gasteiger partial charge in [-0.25, -0.2) is 0 Å². The first-order valence-corrected chi connectivity index (χ1v) is 6.47. The van der Waals surface area contributed by atoms with Gasteiger partial charge in [-0.15, -0.1) is 0 Å². The first kappa shape index (κ1) is 15.2. The van der Waals surface area contributed by atoms with Crippen molar-refractivity contribution in [3.63, 3.8) is 0 Å². The maximum Gasteiger partial charge on any atom is 0.325 e. The van der Waals surface area contributed by atoms with Gasteiger partial charge < -0.3 is 9.64 Å². The fraction of sp³-hybridized carbons (Fsp3) is 0.467. The average Bonchev–Trinajstić information content (AvgIpc) is 2.43. The molecule has 0 atom stereocenters. The van der Waals surface area contributed by atoms with Crippen molar-refractivity contribution in [3.8, 4) is 0 Å². The fourth-order valence-corrected chi connectivity index (χ4v) is 1.89. The van der Waals surface area contributed by atoms with Crippen LogP contribution in [0.15, 0.2) is 24.3 Å². The van der Waals surface area contributed by atoms with Crippen LogP contribution in [0.4, 0.5) is 0 Å². The number of benzene rings is 1. The van der Waals surface area contributed by atoms with E-state index in [4.69, 9.17) is 0 Å². The van der Waals surface area contributed by atoms with E-state index in [1.807, 2.05) is 38.1 Å². The molecular weight excluding hydrogens is 242 g/mol. The van der Waals surface area contributed by atoms with Crippen LogP contribution in [0.1, 0.15) is 24.5 Å². The molecule has 0 saturated carbocycles. The summed E-state index contributed by atoms with van der Waals surface area (Å²) in [6, 6.07) is 8.01. The van der Waals surface area contributed by atoms with Crippen LogP contribution in [-0.4, -0.2) is 37.0 Å². The Labute approximate surface area is 114 Å². The number of ether oxygens (including phenoxy) is 1. The summed E-state index contributed by atoms with van der Waals surface area (Å²) >= 11 is 0. The monoisotopic (exact) mass is 263 g/mol. The number of hydrogen-bond acceptors (Lipinski definition) is 3. The summed E-state index contributed by atoms with van der Waals surface area (Å²) in [5, 5.41) is 0. The largest absolute Gasteiger partial charge is 0.468 e. The highest BCUT2D eigenvalue weighted by Crippen LogP contribution is 2.10. The molecular formula is C15H21NO3. The minimum Gasteiger partial charge on any atom is -0.468 e. The molecule has 104 valence electrons. The molecule has 1 aromatic carbocycles. The van der Waals surface area contributed by atoms with Gasteiger partial charge in [0.2, 0.25) is 5.91 Å². The van der Waals surface area contributed by atoms with Gasteiger partial charge in [-0.05, 0) is 31.4 Å². The third kappa shape index (κ3) is 4.73. The summed E-state index contributed by atoms with van der Waals surface area (Å²) in [4.78, 5) is 24.7. The minimum atomic E-state index is -0.383. The molecule has 0 radical (unpaired) electrons. The molecule has 0 saturated heterocycles. The van der Waals surface area contributed by atoms with Gasteiger partial charge in [-0.2, -0.15) is 0 Å². The van der Waals surface area contributed by atoms with Crippen LogP contribution >= 0.6 is 0 Å². The molecule has 0 bridgehead atoms. The van der Waals surface area contributed by atoms with Crippen molar-refractivity contribution in [2.45, 2.75) is 26.7 Å². The van der Waals surface area contributed by atoms with Crippen molar-refractivity contribution < 1.29 is 14.3 Å². The van der Waals surface area contributed by atoms with Crippen molar-refractivity contribution in [1.29, 1.82) is 0 Å². The first-order valence-electron chi connectivity index (χ1n) is 6.47. The number of rotatable bonds is 6. The molecule has 0 aliphatic heterocycles. The number of carbonyl (C=O) groups excluding carboxylic acids is 2. The van der Waals surface area contributed by atoms with E-state index >= 15 is 0 Å². The second kappa shape index (κ2) is 7.56. The second-order valence-corrected chi connectivity index (χ2v) is 4.41. The van der Waals surface area contributed by atoms with Crippen LogP contribution < -0.4 is 0 Å². The second-order valence-electron chi connectivity index (χ2n) is 4.41. The normalized spacial score (nSPS) is 10.1. The molecule has 0 aliphatic carbocycles. The van der Waals surface area contributed by atoms with E-state index in [0.29, 0.717) is 19.4 Å². The Bertz CT molecular complexity index is 443. The van der Waals surface area contributed by atoms with E-state index in [2.05, 4.69) is 4.74 Å². The van der Waals surface area contributed by atoms with Gasteiger partial charge in [0.05, 0.1) is 7.11 Å². The lowest BCUT2D eigenvalue weighted by molar-refractivity contribution is -0.146. The standard InChI is InChI=1S/C15H21NO3/c1-4-16(11-15(18)19-3)14(17)10-9-13-8-6-5-7-12(13)2/h5-8H,4,9-11H2,1-3H3. The van der Waals surface area contributed by atoms with E-state index < -0.39 is 0 Å². The van der Waals surface area contributed by atoms with Gasteiger partial charge >= 0.3 is 5.97 Å². The number of hydrogen-bond donors (Lipinski definition) is 0. The highest BCUT2D eigenvalue weighted by atomic mass is 16.5. The zero-order valence-corrected chi connectivity index (χ0v) is 11.8. The van der Waals surface area contributed by atoms with Crippen molar-refractivity contribution >= 4 is 11.9 Å². The molecule has 1 amide bonds. The number of esters is 1. The van der Waals surface area contributed by atoms with Gasteiger partial charge in [-0.1, -0.05) is 24.3 Å². The number of methoxy groups -OCH3 is 1. The van der Waals surface area contributed by atoms with Gasteiger partial charge in [0.15, 0.2) is 0 Å². The molecule has 0 spiro atoms. The van der Waals surface area contributed by atoms with Gasteiger partial charge in [0, 0.05) is 13.0 Å². The number of carbonyl (C=O) groups is 2. The molecule has 0 unspecified atom stereocenters. The van der Waals surface area contributed by atoms with Crippen LogP contribution in [0.3, 0.4) is 0 Å². The smallest absolute Gasteiger partial charge is 0.325 e. The molecule has 4 heteroatoms. The highest BCUT2D eigenvalue weighted by molar-refractivity contribution is 5.82. The van der Waals surface area contributed by atoms with E-state index in [-0.39, 0.29) is 18.4 Å². The van der Waals surface area contributed by atoms with Crippen LogP contribution in [-0.2, 0) is 20.7 Å². The Morgan fingerprint density at radius 1 is 1.26 bits per heavy atom. The van der Waals surface area contributed by atoms with Crippen LogP contribution in [0.2, 0.25) is 0 Å². The van der Waals surface area contributed by atoms with Gasteiger partial charge in [0.1, 0.15) is 6.54 Å². The SMILES string of the molecule is CCN(CC(=O)OC)C(=O)CCc1ccccc1C. The van der Waals surface area contributed by atoms with E-state index in [1.165, 1.54) is 23.1 Å². The number of aryl methyl sites for hydroxylation is 2. The van der Waals surface area contributed by atoms with E-state index in [1.54, 1.807) is 0 Å². The first-order chi connectivity index (χ1) is 9.08. The molecule has 0 fully saturated rings. The van der Waals surface area contributed by atoms with Gasteiger partial charge in [-0.3, -0.25) is 9.59 Å². The minimum absolute atomic E-state index is 0.0175. The van der Waals surface area contributed by atoms with Crippen molar-refractivity contribution in [1.82, 2.24) is 4.90 Å². The predicted molar refractivity (Wildman–Crippen MR) is 73.8 cm³/mol. The van der Waals surface area contributed by atoms with Crippen LogP contribution in [0.5, 0.6) is 0 Å². The third-order valence-electron chi connectivity index (χ3n) is 3.15. The van der Waals surface area contributed by atoms with E-state index in [9.17, 15) is 9.59 Å². The van der Waals surface area contributed by atoms with E-state index in [0.717, 1.165) is 0 Å². The fourth-order valence-electron chi connectivity index (χ4n) is 1.89. The maximum atomic E-state index is 12.0. The molecule has 19 heavy (non-hydrogen) atoms. The summed E-state index contributed by atoms with van der Waals surface area (Å²) in [5.74, 6) is -0.401. The zero-order valence-electron chi connectivity index (χ0n) is 11.8. The summed E-state index contributed by atoms with van der Waals surface area (Å²) in [5.41, 5.74) is 2.36. The Hall–Kier alpha value is -1.84. The Balaban J connectivity index is 2.54. The Morgan fingerprint density at radius 2 is 1.95 bits per heavy atom. The highest BCUT2D eigenvalue weighted by Gasteiger charge is 2.15. The van der Waals surface area contributed by atoms with Crippen molar-refractivity contribution in [3.05, 3.63) is 35.4 Å². The predicted octanol–water partition coefficient (Wildman–Crippen LogP) is 1.95. The summed E-state index contributed by atoms with van der Waals surface area (Å²) < 4.78 is 4.58. The molecule has 0 aromatic heterocycles. The quantitative estimate of drug-likeness (QED) is 0.737. The number of nitrogens with zero attached hydrogens (tertiary/aromatic N) is 1. The lowest BCUT2D eigenvalue weighted by Crippen LogP contribution is -2.36. The van der Waals surface area contributed by atoms with Crippen molar-refractivity contribution in [2.75, 3.05) is 20.2 Å². The molecule has 1 rings (SSSR count). The molecule has 0 N–H and O–H groups in total. The Morgan fingerprint density at radius 3 is 2.53 bits per heavy atom. The maximum absolute atomic E-state index is 12.0. The molecule has 0 heterocycles. The number of likely N-dealkylation sites (N-methyl/N-ethyl adjacent to an activating group) is 1. The third-order valence-corrected chi connectivity index (χ3v) is 3.15. The summed E-state index contributed by atoms with van der Waals surface area (Å²) in [7, 11) is 1.33. The molecule has 1 aromatic rings. The average molecular weight is 263 g/mol. The molecule has 0 aliphatic rings. The van der Waals surface area contributed by atoms with Gasteiger partial charge in [0.25, 0.3) is 0 Å². The zero-order chi connectivity index (χ0) is 14.3. The van der Waals surface area contributed by atoms with Crippen LogP contribution in [0, 0.1) is 6.92 Å². The number of amides is 1. The molecule has 4 nitrogen and oxygen atoms in total. The lowest BCUT2D eigenvalue weighted by Gasteiger charge is -2.19. The summed E-state index contributed by atoms with van der Waals surface area (Å²) in [6.07, 6.45) is 1.11. The topological polar surface area (TPSA) is 46.6 Å². The summed E-state index contributed by atoms with van der Waals surface area (Å²) in [6.45, 7) is 4.43. The van der Waals surface area contributed by atoms with Crippen molar-refractivity contribution in [2.24, 2.45) is 0 Å². The lowest BCUT2D eigenvalue weighted by atomic mass is 10.0.